The van der Waals surface area contributed by atoms with Gasteiger partial charge in [-0.15, -0.1) is 11.3 Å². The Bertz CT molecular complexity index is 512. The number of thiophene rings is 1. The van der Waals surface area contributed by atoms with Crippen LogP contribution in [0.4, 0.5) is 5.69 Å². The lowest BCUT2D eigenvalue weighted by Gasteiger charge is -2.25. The molecule has 0 bridgehead atoms. The van der Waals surface area contributed by atoms with Gasteiger partial charge in [-0.2, -0.15) is 0 Å². The molecule has 3 rings (SSSR count). The van der Waals surface area contributed by atoms with Crippen molar-refractivity contribution in [2.24, 2.45) is 0 Å². The summed E-state index contributed by atoms with van der Waals surface area (Å²) in [6.07, 6.45) is 4.11. The van der Waals surface area contributed by atoms with Gasteiger partial charge in [0.1, 0.15) is 0 Å². The van der Waals surface area contributed by atoms with Crippen LogP contribution in [0.15, 0.2) is 24.3 Å². The fourth-order valence-corrected chi connectivity index (χ4v) is 3.69. The van der Waals surface area contributed by atoms with Gasteiger partial charge in [-0.05, 0) is 44.1 Å². The zero-order chi connectivity index (χ0) is 11.7. The predicted molar refractivity (Wildman–Crippen MR) is 75.4 cm³/mol. The maximum atomic E-state index is 6.00. The van der Waals surface area contributed by atoms with Gasteiger partial charge in [0.05, 0.1) is 0 Å². The Morgan fingerprint density at radius 1 is 1.18 bits per heavy atom. The maximum absolute atomic E-state index is 6.00. The summed E-state index contributed by atoms with van der Waals surface area (Å²) in [5, 5.41) is 1.23. The average Bonchev–Trinajstić information content (AvgIpc) is 2.74. The molecule has 2 heterocycles. The average molecular weight is 246 g/mol. The molecule has 0 atom stereocenters. The second-order valence-corrected chi connectivity index (χ2v) is 5.98. The van der Waals surface area contributed by atoms with Gasteiger partial charge in [0.25, 0.3) is 0 Å². The molecule has 90 valence electrons. The Kier molecular flexibility index (Phi) is 3.04. The van der Waals surface area contributed by atoms with Gasteiger partial charge in [-0.1, -0.05) is 12.5 Å². The van der Waals surface area contributed by atoms with Gasteiger partial charge in [0.15, 0.2) is 0 Å². The topological polar surface area (TPSA) is 29.3 Å². The molecule has 1 aliphatic rings. The van der Waals surface area contributed by atoms with Crippen LogP contribution in [-0.2, 0) is 6.54 Å². The minimum absolute atomic E-state index is 0.906. The molecule has 0 spiro atoms. The second kappa shape index (κ2) is 4.67. The van der Waals surface area contributed by atoms with Crippen molar-refractivity contribution in [3.8, 4) is 0 Å². The number of hydrogen-bond acceptors (Lipinski definition) is 3. The Morgan fingerprint density at radius 2 is 2.00 bits per heavy atom. The first-order valence-corrected chi connectivity index (χ1v) is 7.14. The quantitative estimate of drug-likeness (QED) is 0.822. The largest absolute Gasteiger partial charge is 0.398 e. The molecule has 0 amide bonds. The molecule has 3 heteroatoms. The van der Waals surface area contributed by atoms with E-state index in [4.69, 9.17) is 5.73 Å². The van der Waals surface area contributed by atoms with Crippen LogP contribution < -0.4 is 5.73 Å². The normalized spacial score (nSPS) is 17.6. The lowest BCUT2D eigenvalue weighted by Crippen LogP contribution is -2.28. The maximum Gasteiger partial charge on any atom is 0.0402 e. The molecular formula is C14H18N2S. The summed E-state index contributed by atoms with van der Waals surface area (Å²) in [5.41, 5.74) is 6.90. The highest BCUT2D eigenvalue weighted by molar-refractivity contribution is 7.19. The smallest absolute Gasteiger partial charge is 0.0402 e. The first-order chi connectivity index (χ1) is 8.33. The van der Waals surface area contributed by atoms with Crippen molar-refractivity contribution < 1.29 is 0 Å². The van der Waals surface area contributed by atoms with E-state index in [1.165, 1.54) is 47.3 Å². The second-order valence-electron chi connectivity index (χ2n) is 4.81. The molecule has 0 radical (unpaired) electrons. The lowest BCUT2D eigenvalue weighted by atomic mass is 10.1. The van der Waals surface area contributed by atoms with Crippen molar-refractivity contribution in [3.63, 3.8) is 0 Å². The molecule has 1 saturated heterocycles. The van der Waals surface area contributed by atoms with E-state index in [0.717, 1.165) is 12.2 Å². The number of fused-ring (bicyclic) bond motifs is 1. The number of rotatable bonds is 2. The van der Waals surface area contributed by atoms with Crippen LogP contribution in [0.2, 0.25) is 0 Å². The van der Waals surface area contributed by atoms with Crippen LogP contribution >= 0.6 is 11.3 Å². The summed E-state index contributed by atoms with van der Waals surface area (Å²) < 4.78 is 1.32. The van der Waals surface area contributed by atoms with E-state index in [1.54, 1.807) is 0 Å². The van der Waals surface area contributed by atoms with Crippen molar-refractivity contribution in [2.75, 3.05) is 18.8 Å². The van der Waals surface area contributed by atoms with Crippen LogP contribution in [0, 0.1) is 0 Å². The molecule has 0 unspecified atom stereocenters. The van der Waals surface area contributed by atoms with Gasteiger partial charge >= 0.3 is 0 Å². The molecule has 2 nitrogen and oxygen atoms in total. The Labute approximate surface area is 106 Å². The lowest BCUT2D eigenvalue weighted by molar-refractivity contribution is 0.223. The molecule has 2 N–H and O–H groups in total. The summed E-state index contributed by atoms with van der Waals surface area (Å²) in [7, 11) is 0. The summed E-state index contributed by atoms with van der Waals surface area (Å²) in [6, 6.07) is 8.46. The molecule has 0 aliphatic carbocycles. The molecule has 2 aromatic rings. The van der Waals surface area contributed by atoms with Gasteiger partial charge in [0, 0.05) is 27.2 Å². The number of likely N-dealkylation sites (tertiary alicyclic amines) is 1. The van der Waals surface area contributed by atoms with E-state index in [9.17, 15) is 0 Å². The number of anilines is 1. The molecule has 1 fully saturated rings. The number of nitrogens with two attached hydrogens (primary N) is 1. The van der Waals surface area contributed by atoms with Crippen LogP contribution in [-0.4, -0.2) is 18.0 Å². The summed E-state index contributed by atoms with van der Waals surface area (Å²) in [6.45, 7) is 3.60. The Hall–Kier alpha value is -1.06. The van der Waals surface area contributed by atoms with Crippen LogP contribution in [0.3, 0.4) is 0 Å². The number of piperidine rings is 1. The van der Waals surface area contributed by atoms with E-state index in [0.29, 0.717) is 0 Å². The van der Waals surface area contributed by atoms with Crippen LogP contribution in [0.5, 0.6) is 0 Å². The predicted octanol–water partition coefficient (Wildman–Crippen LogP) is 3.47. The highest BCUT2D eigenvalue weighted by atomic mass is 32.1. The van der Waals surface area contributed by atoms with Crippen molar-refractivity contribution in [1.29, 1.82) is 0 Å². The summed E-state index contributed by atoms with van der Waals surface area (Å²) >= 11 is 1.88. The third-order valence-electron chi connectivity index (χ3n) is 3.47. The van der Waals surface area contributed by atoms with Crippen molar-refractivity contribution in [2.45, 2.75) is 25.8 Å². The Balaban J connectivity index is 1.83. The molecule has 1 aromatic carbocycles. The van der Waals surface area contributed by atoms with Gasteiger partial charge in [-0.25, -0.2) is 0 Å². The SMILES string of the molecule is Nc1cccc2sc(CN3CCCCC3)cc12. The zero-order valence-electron chi connectivity index (χ0n) is 9.98. The zero-order valence-corrected chi connectivity index (χ0v) is 10.8. The molecule has 1 aromatic heterocycles. The van der Waals surface area contributed by atoms with Crippen LogP contribution in [0.25, 0.3) is 10.1 Å². The third-order valence-corrected chi connectivity index (χ3v) is 4.56. The van der Waals surface area contributed by atoms with Crippen molar-refractivity contribution in [3.05, 3.63) is 29.1 Å². The van der Waals surface area contributed by atoms with Crippen molar-refractivity contribution >= 4 is 27.1 Å². The standard InChI is InChI=1S/C14H18N2S/c15-13-5-4-6-14-12(13)9-11(17-14)10-16-7-2-1-3-8-16/h4-6,9H,1-3,7-8,10,15H2. The number of hydrogen-bond donors (Lipinski definition) is 1. The minimum atomic E-state index is 0.906. The number of nitrogens with zero attached hydrogens (tertiary/aromatic N) is 1. The first kappa shape index (κ1) is 11.1. The fraction of sp³-hybridized carbons (Fsp3) is 0.429. The monoisotopic (exact) mass is 246 g/mol. The fourth-order valence-electron chi connectivity index (χ4n) is 2.55. The van der Waals surface area contributed by atoms with Gasteiger partial charge in [-0.3, -0.25) is 4.90 Å². The molecule has 17 heavy (non-hydrogen) atoms. The first-order valence-electron chi connectivity index (χ1n) is 6.32. The van der Waals surface area contributed by atoms with E-state index in [1.807, 2.05) is 23.5 Å². The molecule has 1 aliphatic heterocycles. The van der Waals surface area contributed by atoms with E-state index in [-0.39, 0.29) is 0 Å². The highest BCUT2D eigenvalue weighted by Crippen LogP contribution is 2.30. The van der Waals surface area contributed by atoms with Crippen LogP contribution in [0.1, 0.15) is 24.1 Å². The molecular weight excluding hydrogens is 228 g/mol. The van der Waals surface area contributed by atoms with E-state index < -0.39 is 0 Å². The number of nitrogen functional groups attached to an aromatic ring is 1. The Morgan fingerprint density at radius 3 is 2.76 bits per heavy atom. The minimum Gasteiger partial charge on any atom is -0.398 e. The van der Waals surface area contributed by atoms with Gasteiger partial charge < -0.3 is 5.73 Å². The highest BCUT2D eigenvalue weighted by Gasteiger charge is 2.12. The third kappa shape index (κ3) is 2.31. The van der Waals surface area contributed by atoms with Crippen molar-refractivity contribution in [1.82, 2.24) is 4.90 Å². The van der Waals surface area contributed by atoms with E-state index >= 15 is 0 Å². The summed E-state index contributed by atoms with van der Waals surface area (Å²) in [5.74, 6) is 0. The molecule has 0 saturated carbocycles. The van der Waals surface area contributed by atoms with E-state index in [2.05, 4.69) is 17.0 Å². The summed E-state index contributed by atoms with van der Waals surface area (Å²) in [4.78, 5) is 4.00. The van der Waals surface area contributed by atoms with Gasteiger partial charge in [0.2, 0.25) is 0 Å². The number of benzene rings is 1.